The monoisotopic (exact) mass is 808 g/mol. The van der Waals surface area contributed by atoms with Crippen LogP contribution in [0, 0.1) is 35.9 Å². The molecule has 0 N–H and O–H groups in total. The molecule has 2 aliphatic rings. The average molecular weight is 809 g/mol. The second-order valence-electron chi connectivity index (χ2n) is 11.8. The fourth-order valence-electron chi connectivity index (χ4n) is 5.59. The maximum Gasteiger partial charge on any atom is 0.163 e. The summed E-state index contributed by atoms with van der Waals surface area (Å²) in [5.74, 6) is -0.585. The Balaban J connectivity index is 0.000000392. The molecule has 4 aromatic rings. The molecule has 263 valence electrons. The van der Waals surface area contributed by atoms with Gasteiger partial charge >= 0.3 is 0 Å². The van der Waals surface area contributed by atoms with Gasteiger partial charge in [0.2, 0.25) is 0 Å². The fraction of sp³-hybridized carbons (Fsp3) is 0.282. The van der Waals surface area contributed by atoms with E-state index in [1.54, 1.807) is 0 Å². The Hall–Kier alpha value is -1.59. The van der Waals surface area contributed by atoms with Gasteiger partial charge in [-0.2, -0.15) is 0 Å². The third-order valence-corrected chi connectivity index (χ3v) is 12.8. The van der Waals surface area contributed by atoms with Crippen molar-refractivity contribution in [2.45, 2.75) is 57.5 Å². The normalized spacial score (nSPS) is 18.9. The van der Waals surface area contributed by atoms with Crippen LogP contribution < -0.4 is 39.9 Å². The number of hydrogen-bond acceptors (Lipinski definition) is 6. The third-order valence-electron chi connectivity index (χ3n) is 7.61. The predicted molar refractivity (Wildman–Crippen MR) is 187 cm³/mol. The molecule has 1 heterocycles. The summed E-state index contributed by atoms with van der Waals surface area (Å²) in [6.45, 7) is 4.11. The van der Waals surface area contributed by atoms with Gasteiger partial charge in [0.05, 0.1) is 12.2 Å². The van der Waals surface area contributed by atoms with Crippen molar-refractivity contribution < 1.29 is 57.8 Å². The van der Waals surface area contributed by atoms with Crippen LogP contribution in [0.4, 0.5) is 0 Å². The van der Waals surface area contributed by atoms with Crippen molar-refractivity contribution in [2.24, 2.45) is 0 Å². The number of ether oxygens (including phenoxy) is 2. The summed E-state index contributed by atoms with van der Waals surface area (Å²) in [5.41, 5.74) is 0. The van der Waals surface area contributed by atoms with Crippen LogP contribution in [0.15, 0.2) is 121 Å². The number of halogens is 1. The smallest absolute Gasteiger partial charge is 0.163 e. The van der Waals surface area contributed by atoms with Crippen LogP contribution in [0.1, 0.15) is 39.5 Å². The first-order chi connectivity index (χ1) is 23.1. The molecule has 0 aromatic heterocycles. The van der Waals surface area contributed by atoms with E-state index in [9.17, 15) is 0 Å². The first-order valence-corrected chi connectivity index (χ1v) is 20.4. The van der Waals surface area contributed by atoms with Crippen LogP contribution in [0.25, 0.3) is 0 Å². The van der Waals surface area contributed by atoms with E-state index in [1.807, 2.05) is 0 Å². The summed E-state index contributed by atoms with van der Waals surface area (Å²) in [7, 11) is -6.07. The Morgan fingerprint density at radius 2 is 0.735 bits per heavy atom. The van der Waals surface area contributed by atoms with Gasteiger partial charge in [0.15, 0.2) is 5.79 Å². The van der Waals surface area contributed by atoms with Gasteiger partial charge in [-0.1, -0.05) is 121 Å². The van der Waals surface area contributed by atoms with Crippen LogP contribution in [-0.2, 0) is 29.0 Å². The zero-order valence-corrected chi connectivity index (χ0v) is 32.0. The largest absolute Gasteiger partial charge is 0.344 e. The average Bonchev–Trinajstić information content (AvgIpc) is 3.35. The van der Waals surface area contributed by atoms with Crippen molar-refractivity contribution in [2.75, 3.05) is 12.3 Å². The Kier molecular flexibility index (Phi) is 18.5. The first kappa shape index (κ1) is 41.8. The van der Waals surface area contributed by atoms with Gasteiger partial charge in [-0.15, -0.1) is 10.2 Å². The summed E-state index contributed by atoms with van der Waals surface area (Å²) < 4.78 is 47.2. The minimum Gasteiger partial charge on any atom is -0.344 e. The fourth-order valence-corrected chi connectivity index (χ4v) is 10.5. The van der Waals surface area contributed by atoms with E-state index in [1.165, 1.54) is 46.9 Å². The predicted octanol–water partition coefficient (Wildman–Crippen LogP) is 3.39. The van der Waals surface area contributed by atoms with Crippen LogP contribution >= 0.6 is 15.8 Å². The standard InChI is InChI=1S/C31H32O2P2.C8H12.ClHO4.Rh/c1-31(2)32-29(23-34(25-15-7-3-8-16-25)26-17-9-4-10-18-26)30(33-31)24-35(27-19-11-5-12-20-27)28-21-13-6-14-22-28;1-2-4-6-8-7-5-3-1;2-1(3,4)5;/h3-22,29-30H,23-24H2,1-2H3;1-2,7-8H,3-6H2;(H,2,3,4,5);/p-1/t29-,30-;;;/m0.../s1. The molecular weight excluding hydrogens is 765 g/mol. The van der Waals surface area contributed by atoms with Crippen molar-refractivity contribution in [3.63, 3.8) is 0 Å². The van der Waals surface area contributed by atoms with Gasteiger partial charge in [-0.05, 0) is 102 Å². The van der Waals surface area contributed by atoms with Gasteiger partial charge in [-0.25, -0.2) is 18.6 Å². The van der Waals surface area contributed by atoms with Crippen molar-refractivity contribution >= 4 is 37.1 Å². The van der Waals surface area contributed by atoms with Gasteiger partial charge in [0.25, 0.3) is 0 Å². The Bertz CT molecular complexity index is 1230. The Morgan fingerprint density at radius 1 is 0.510 bits per heavy atom. The van der Waals surface area contributed by atoms with Crippen LogP contribution in [-0.4, -0.2) is 30.3 Å². The van der Waals surface area contributed by atoms with Gasteiger partial charge in [-0.3, -0.25) is 0 Å². The molecule has 1 saturated carbocycles. The third kappa shape index (κ3) is 15.7. The van der Waals surface area contributed by atoms with Gasteiger partial charge in [0, 0.05) is 31.8 Å². The van der Waals surface area contributed by atoms with Gasteiger partial charge in [0.1, 0.15) is 0 Å². The maximum absolute atomic E-state index is 8.49. The summed E-state index contributed by atoms with van der Waals surface area (Å²) in [6.07, 6.45) is 16.0. The van der Waals surface area contributed by atoms with E-state index in [0.717, 1.165) is 12.3 Å². The van der Waals surface area contributed by atoms with E-state index in [-0.39, 0.29) is 31.7 Å². The molecule has 1 aliphatic heterocycles. The molecule has 6 rings (SSSR count). The molecule has 4 aromatic carbocycles. The molecule has 1 aliphatic carbocycles. The first-order valence-electron chi connectivity index (χ1n) is 16.1. The summed E-state index contributed by atoms with van der Waals surface area (Å²) in [4.78, 5) is 0. The molecule has 2 atom stereocenters. The minimum absolute atomic E-state index is 0. The van der Waals surface area contributed by atoms with Crippen LogP contribution in [0.3, 0.4) is 0 Å². The molecule has 0 unspecified atom stereocenters. The van der Waals surface area contributed by atoms with Gasteiger partial charge < -0.3 is 9.47 Å². The van der Waals surface area contributed by atoms with Crippen molar-refractivity contribution in [1.29, 1.82) is 0 Å². The number of hydrogen-bond donors (Lipinski definition) is 0. The Labute approximate surface area is 310 Å². The maximum atomic E-state index is 8.49. The number of rotatable bonds is 8. The minimum atomic E-state index is -4.94. The second-order valence-corrected chi connectivity index (χ2v) is 17.0. The molecular formula is C39H44ClO6P2Rh-. The van der Waals surface area contributed by atoms with Crippen molar-refractivity contribution in [3.05, 3.63) is 147 Å². The molecule has 1 saturated heterocycles. The van der Waals surface area contributed by atoms with E-state index in [2.05, 4.69) is 161 Å². The van der Waals surface area contributed by atoms with E-state index in [4.69, 9.17) is 28.1 Å². The quantitative estimate of drug-likeness (QED) is 0.200. The molecule has 0 bridgehead atoms. The molecule has 5 radical (unpaired) electrons. The van der Waals surface area contributed by atoms with E-state index in [0.29, 0.717) is 0 Å². The van der Waals surface area contributed by atoms with Crippen molar-refractivity contribution in [3.8, 4) is 0 Å². The Morgan fingerprint density at radius 3 is 0.959 bits per heavy atom. The zero-order valence-electron chi connectivity index (χ0n) is 27.8. The summed E-state index contributed by atoms with van der Waals surface area (Å²) in [5, 5.41) is 5.53. The van der Waals surface area contributed by atoms with Crippen LogP contribution in [0.5, 0.6) is 0 Å². The zero-order chi connectivity index (χ0) is 34.2. The van der Waals surface area contributed by atoms with E-state index >= 15 is 0 Å². The van der Waals surface area contributed by atoms with Crippen molar-refractivity contribution in [1.82, 2.24) is 0 Å². The summed E-state index contributed by atoms with van der Waals surface area (Å²) >= 11 is 0. The molecule has 0 spiro atoms. The molecule has 49 heavy (non-hydrogen) atoms. The van der Waals surface area contributed by atoms with E-state index < -0.39 is 31.9 Å². The molecule has 2 fully saturated rings. The molecule has 10 heteroatoms. The number of benzene rings is 4. The molecule has 0 amide bonds. The molecule has 6 nitrogen and oxygen atoms in total. The summed E-state index contributed by atoms with van der Waals surface area (Å²) in [6, 6.07) is 43.6. The second kappa shape index (κ2) is 21.7. The SMILES string of the molecule is CC1(C)O[C@@H](CP(c2ccccc2)c2ccccc2)[C@H](CP(c2ccccc2)c2ccccc2)O1.[CH]1[CH]CC[CH][CH]CC1.[O-][Cl+3]([O-])([O-])[O-].[Rh]. The van der Waals surface area contributed by atoms with Crippen LogP contribution in [0.2, 0.25) is 0 Å². The topological polar surface area (TPSA) is 111 Å².